The maximum absolute atomic E-state index is 11.2. The van der Waals surface area contributed by atoms with Gasteiger partial charge in [-0.2, -0.15) is 0 Å². The Morgan fingerprint density at radius 1 is 1.09 bits per heavy atom. The molecule has 0 aliphatic rings. The number of hydrogen-bond acceptors (Lipinski definition) is 5. The lowest BCUT2D eigenvalue weighted by molar-refractivity contribution is -0.142. The zero-order valence-corrected chi connectivity index (χ0v) is 15.9. The molecule has 0 atom stereocenters. The Bertz CT molecular complexity index is 625. The highest BCUT2D eigenvalue weighted by atomic mass is 79.9. The summed E-state index contributed by atoms with van der Waals surface area (Å²) in [6.07, 6.45) is 1.07. The minimum Gasteiger partial charge on any atom is -0.503 e. The second-order valence-corrected chi connectivity index (χ2v) is 6.49. The minimum atomic E-state index is -1.24. The van der Waals surface area contributed by atoms with Crippen LogP contribution in [0.5, 0.6) is 11.5 Å². The Kier molecular flexibility index (Phi) is 6.89. The van der Waals surface area contributed by atoms with Gasteiger partial charge in [-0.25, -0.2) is 4.79 Å². The molecule has 9 heteroatoms. The summed E-state index contributed by atoms with van der Waals surface area (Å²) in [7, 11) is 1.17. The van der Waals surface area contributed by atoms with Gasteiger partial charge in [-0.1, -0.05) is 6.08 Å². The van der Waals surface area contributed by atoms with Gasteiger partial charge in [0.25, 0.3) is 0 Å². The number of ether oxygens (including phenoxy) is 1. The standard InChI is InChI=1S/C13H11Br3O6/c1-22-7(17)4-5(13(20)21)2-3-6-8(14)10(16)12(19)11(18)9(6)15/h2,18-19H,3-4H2,1H3,(H,20,21)/b5-2+. The van der Waals surface area contributed by atoms with E-state index in [0.29, 0.717) is 10.0 Å². The van der Waals surface area contributed by atoms with Crippen molar-refractivity contribution in [3.05, 3.63) is 30.6 Å². The Morgan fingerprint density at radius 2 is 1.64 bits per heavy atom. The maximum atomic E-state index is 11.2. The summed E-state index contributed by atoms with van der Waals surface area (Å²) >= 11 is 9.50. The molecule has 0 aromatic heterocycles. The number of esters is 1. The normalized spacial score (nSPS) is 11.4. The molecule has 0 amide bonds. The third kappa shape index (κ3) is 4.23. The van der Waals surface area contributed by atoms with Crippen molar-refractivity contribution < 1.29 is 29.6 Å². The number of phenolic OH excluding ortho intramolecular Hbond substituents is 2. The van der Waals surface area contributed by atoms with Gasteiger partial charge in [0.1, 0.15) is 0 Å². The fourth-order valence-corrected chi connectivity index (χ4v) is 3.34. The van der Waals surface area contributed by atoms with Crippen molar-refractivity contribution in [1.82, 2.24) is 0 Å². The maximum Gasteiger partial charge on any atom is 0.331 e. The van der Waals surface area contributed by atoms with Crippen molar-refractivity contribution in [2.24, 2.45) is 0 Å². The smallest absolute Gasteiger partial charge is 0.331 e. The van der Waals surface area contributed by atoms with Gasteiger partial charge in [-0.05, 0) is 59.8 Å². The van der Waals surface area contributed by atoms with E-state index in [1.165, 1.54) is 13.2 Å². The van der Waals surface area contributed by atoms with Gasteiger partial charge in [0, 0.05) is 10.0 Å². The van der Waals surface area contributed by atoms with Crippen LogP contribution in [0.1, 0.15) is 12.0 Å². The monoisotopic (exact) mass is 500 g/mol. The largest absolute Gasteiger partial charge is 0.503 e. The average Bonchev–Trinajstić information content (AvgIpc) is 2.49. The molecule has 0 spiro atoms. The van der Waals surface area contributed by atoms with Crippen LogP contribution in [-0.2, 0) is 20.7 Å². The van der Waals surface area contributed by atoms with Crippen molar-refractivity contribution in [3.8, 4) is 11.5 Å². The van der Waals surface area contributed by atoms with Crippen LogP contribution in [-0.4, -0.2) is 34.4 Å². The van der Waals surface area contributed by atoms with E-state index in [0.717, 1.165) is 0 Å². The highest BCUT2D eigenvalue weighted by Crippen LogP contribution is 2.47. The molecule has 0 radical (unpaired) electrons. The van der Waals surface area contributed by atoms with Crippen molar-refractivity contribution >= 4 is 59.7 Å². The summed E-state index contributed by atoms with van der Waals surface area (Å²) in [4.78, 5) is 22.3. The molecule has 3 N–H and O–H groups in total. The SMILES string of the molecule is COC(=O)C/C(=C\Cc1c(Br)c(O)c(O)c(Br)c1Br)C(=O)O. The molecule has 0 aliphatic carbocycles. The molecular weight excluding hydrogens is 492 g/mol. The number of aromatic hydroxyl groups is 2. The molecule has 0 saturated carbocycles. The van der Waals surface area contributed by atoms with Crippen molar-refractivity contribution in [2.75, 3.05) is 7.11 Å². The van der Waals surface area contributed by atoms with Gasteiger partial charge in [0.2, 0.25) is 0 Å². The van der Waals surface area contributed by atoms with Gasteiger partial charge in [-0.3, -0.25) is 4.79 Å². The van der Waals surface area contributed by atoms with Gasteiger partial charge >= 0.3 is 11.9 Å². The molecule has 0 fully saturated rings. The number of carboxylic acids is 1. The minimum absolute atomic E-state index is 0.103. The predicted molar refractivity (Wildman–Crippen MR) is 88.9 cm³/mol. The molecule has 0 unspecified atom stereocenters. The summed E-state index contributed by atoms with van der Waals surface area (Å²) in [5, 5.41) is 28.6. The van der Waals surface area contributed by atoms with E-state index in [4.69, 9.17) is 5.11 Å². The van der Waals surface area contributed by atoms with Gasteiger partial charge in [0.15, 0.2) is 11.5 Å². The van der Waals surface area contributed by atoms with E-state index in [-0.39, 0.29) is 38.9 Å². The molecule has 1 aromatic carbocycles. The van der Waals surface area contributed by atoms with Gasteiger partial charge < -0.3 is 20.1 Å². The molecule has 0 heterocycles. The van der Waals surface area contributed by atoms with Gasteiger partial charge in [0.05, 0.1) is 22.5 Å². The molecule has 6 nitrogen and oxygen atoms in total. The second kappa shape index (κ2) is 7.98. The highest BCUT2D eigenvalue weighted by molar-refractivity contribution is 9.13. The Balaban J connectivity index is 3.21. The van der Waals surface area contributed by atoms with Crippen molar-refractivity contribution in [2.45, 2.75) is 12.8 Å². The molecule has 1 rings (SSSR count). The first-order valence-corrected chi connectivity index (χ1v) is 8.14. The average molecular weight is 503 g/mol. The van der Waals surface area contributed by atoms with Crippen LogP contribution in [0, 0.1) is 0 Å². The van der Waals surface area contributed by atoms with Crippen LogP contribution < -0.4 is 0 Å². The number of rotatable bonds is 5. The number of benzene rings is 1. The topological polar surface area (TPSA) is 104 Å². The van der Waals surface area contributed by atoms with Crippen LogP contribution in [0.2, 0.25) is 0 Å². The van der Waals surface area contributed by atoms with Crippen LogP contribution >= 0.6 is 47.8 Å². The number of halogens is 3. The number of carboxylic acid groups (broad SMARTS) is 1. The molecular formula is C13H11Br3O6. The molecule has 120 valence electrons. The number of phenols is 2. The Hall–Kier alpha value is -1.06. The predicted octanol–water partition coefficient (Wildman–Crippen LogP) is 3.50. The molecule has 22 heavy (non-hydrogen) atoms. The van der Waals surface area contributed by atoms with Crippen LogP contribution in [0.15, 0.2) is 25.1 Å². The number of carbonyl (C=O) groups excluding carboxylic acids is 1. The van der Waals surface area contributed by atoms with E-state index in [9.17, 15) is 19.8 Å². The summed E-state index contributed by atoms with van der Waals surface area (Å²) in [5.74, 6) is -2.62. The van der Waals surface area contributed by atoms with E-state index < -0.39 is 11.9 Å². The first kappa shape index (κ1) is 19.0. The first-order valence-electron chi connectivity index (χ1n) is 5.77. The van der Waals surface area contributed by atoms with Crippen molar-refractivity contribution in [1.29, 1.82) is 0 Å². The molecule has 0 bridgehead atoms. The zero-order valence-electron chi connectivity index (χ0n) is 11.2. The van der Waals surface area contributed by atoms with E-state index in [1.807, 2.05) is 0 Å². The lowest BCUT2D eigenvalue weighted by Gasteiger charge is -2.12. The molecule has 0 aliphatic heterocycles. The lowest BCUT2D eigenvalue weighted by atomic mass is 10.1. The number of allylic oxidation sites excluding steroid dienone is 1. The molecule has 0 saturated heterocycles. The fraction of sp³-hybridized carbons (Fsp3) is 0.231. The highest BCUT2D eigenvalue weighted by Gasteiger charge is 2.20. The van der Waals surface area contributed by atoms with Crippen LogP contribution in [0.25, 0.3) is 0 Å². The van der Waals surface area contributed by atoms with E-state index in [2.05, 4.69) is 52.5 Å². The third-order valence-corrected chi connectivity index (χ3v) is 5.79. The number of methoxy groups -OCH3 is 1. The second-order valence-electron chi connectivity index (χ2n) is 4.11. The van der Waals surface area contributed by atoms with Crippen LogP contribution in [0.3, 0.4) is 0 Å². The Labute approximate surface area is 151 Å². The summed E-state index contributed by atoms with van der Waals surface area (Å²) in [5.41, 5.74) is 0.375. The summed E-state index contributed by atoms with van der Waals surface area (Å²) < 4.78 is 5.35. The zero-order chi connectivity index (χ0) is 17.0. The van der Waals surface area contributed by atoms with E-state index >= 15 is 0 Å². The molecule has 1 aromatic rings. The number of hydrogen-bond donors (Lipinski definition) is 3. The van der Waals surface area contributed by atoms with Crippen LogP contribution in [0.4, 0.5) is 0 Å². The number of carbonyl (C=O) groups is 2. The lowest BCUT2D eigenvalue weighted by Crippen LogP contribution is -2.09. The van der Waals surface area contributed by atoms with Gasteiger partial charge in [-0.15, -0.1) is 0 Å². The summed E-state index contributed by atoms with van der Waals surface area (Å²) in [6, 6.07) is 0. The number of aliphatic carboxylic acids is 1. The quantitative estimate of drug-likeness (QED) is 0.246. The Morgan fingerprint density at radius 3 is 2.14 bits per heavy atom. The summed E-state index contributed by atoms with van der Waals surface area (Å²) in [6.45, 7) is 0. The third-order valence-electron chi connectivity index (χ3n) is 2.75. The fourth-order valence-electron chi connectivity index (χ4n) is 1.55. The first-order chi connectivity index (χ1) is 10.2. The van der Waals surface area contributed by atoms with E-state index in [1.54, 1.807) is 0 Å². The van der Waals surface area contributed by atoms with Crippen molar-refractivity contribution in [3.63, 3.8) is 0 Å².